The second-order valence-corrected chi connectivity index (χ2v) is 10.7. The first-order valence-electron chi connectivity index (χ1n) is 12.9. The monoisotopic (exact) mass is 565 g/mol. The largest absolute Gasteiger partial charge is 0.480 e. The van der Waals surface area contributed by atoms with Gasteiger partial charge in [0.05, 0.1) is 6.04 Å². The molecule has 0 bridgehead atoms. The Labute approximate surface area is 234 Å². The summed E-state index contributed by atoms with van der Waals surface area (Å²) in [5.74, 6) is -2.27. The van der Waals surface area contributed by atoms with Crippen LogP contribution in [0.2, 0.25) is 0 Å². The topological polar surface area (TPSA) is 215 Å². The van der Waals surface area contributed by atoms with Gasteiger partial charge in [-0.15, -0.1) is 0 Å². The van der Waals surface area contributed by atoms with Crippen molar-refractivity contribution in [3.05, 3.63) is 35.9 Å². The maximum absolute atomic E-state index is 13.4. The van der Waals surface area contributed by atoms with E-state index in [0.29, 0.717) is 18.6 Å². The molecule has 39 heavy (non-hydrogen) atoms. The molecular formula is C26H43N7O5S. The van der Waals surface area contributed by atoms with E-state index in [1.165, 1.54) is 11.8 Å². The van der Waals surface area contributed by atoms with Gasteiger partial charge in [0.2, 0.25) is 17.7 Å². The van der Waals surface area contributed by atoms with E-state index in [1.54, 1.807) is 24.3 Å². The van der Waals surface area contributed by atoms with Crippen LogP contribution in [-0.4, -0.2) is 77.5 Å². The highest BCUT2D eigenvalue weighted by atomic mass is 32.2. The molecule has 0 aliphatic heterocycles. The molecule has 0 fully saturated rings. The SMILES string of the molecule is CSCCC(NC(=O)C(Cc1ccccc1)NC(=O)C(CCCN=C(N)N)NC(=O)C(N)CC(C)C)C(=O)O. The number of aliphatic carboxylic acids is 1. The van der Waals surface area contributed by atoms with Crippen molar-refractivity contribution in [2.75, 3.05) is 18.6 Å². The summed E-state index contributed by atoms with van der Waals surface area (Å²) >= 11 is 1.46. The summed E-state index contributed by atoms with van der Waals surface area (Å²) in [6.45, 7) is 4.11. The van der Waals surface area contributed by atoms with Crippen LogP contribution in [0, 0.1) is 5.92 Å². The molecule has 0 saturated carbocycles. The Balaban J connectivity index is 3.13. The van der Waals surface area contributed by atoms with Crippen LogP contribution in [0.1, 0.15) is 45.1 Å². The van der Waals surface area contributed by atoms with Gasteiger partial charge in [-0.05, 0) is 49.2 Å². The van der Waals surface area contributed by atoms with Crippen LogP contribution < -0.4 is 33.2 Å². The fourth-order valence-corrected chi connectivity index (χ4v) is 4.23. The second kappa shape index (κ2) is 18.1. The summed E-state index contributed by atoms with van der Waals surface area (Å²) in [6, 6.07) is 5.00. The maximum Gasteiger partial charge on any atom is 0.326 e. The van der Waals surface area contributed by atoms with E-state index in [4.69, 9.17) is 17.2 Å². The van der Waals surface area contributed by atoms with E-state index >= 15 is 0 Å². The highest BCUT2D eigenvalue weighted by Gasteiger charge is 2.30. The van der Waals surface area contributed by atoms with Crippen molar-refractivity contribution >= 4 is 41.4 Å². The minimum Gasteiger partial charge on any atom is -0.480 e. The van der Waals surface area contributed by atoms with Crippen molar-refractivity contribution in [2.45, 2.75) is 70.1 Å². The summed E-state index contributed by atoms with van der Waals surface area (Å²) < 4.78 is 0. The van der Waals surface area contributed by atoms with Crippen LogP contribution in [0.25, 0.3) is 0 Å². The molecule has 0 aromatic heterocycles. The average molecular weight is 566 g/mol. The highest BCUT2D eigenvalue weighted by Crippen LogP contribution is 2.09. The van der Waals surface area contributed by atoms with Gasteiger partial charge >= 0.3 is 5.97 Å². The number of carboxylic acid groups (broad SMARTS) is 1. The highest BCUT2D eigenvalue weighted by molar-refractivity contribution is 7.98. The standard InChI is InChI=1S/C26H43N7O5S/c1-16(2)14-18(27)22(34)31-19(10-7-12-30-26(28)29)23(35)33-21(15-17-8-5-4-6-9-17)24(36)32-20(25(37)38)11-13-39-3/h4-6,8-9,16,18-21H,7,10-15,27H2,1-3H3,(H,31,34)(H,32,36)(H,33,35)(H,37,38)(H4,28,29,30). The van der Waals surface area contributed by atoms with Gasteiger partial charge in [-0.1, -0.05) is 44.2 Å². The zero-order chi connectivity index (χ0) is 29.4. The predicted molar refractivity (Wildman–Crippen MR) is 154 cm³/mol. The van der Waals surface area contributed by atoms with Crippen molar-refractivity contribution in [1.82, 2.24) is 16.0 Å². The Bertz CT molecular complexity index is 957. The van der Waals surface area contributed by atoms with Gasteiger partial charge in [0.25, 0.3) is 0 Å². The van der Waals surface area contributed by atoms with Crippen molar-refractivity contribution in [3.63, 3.8) is 0 Å². The fourth-order valence-electron chi connectivity index (χ4n) is 3.76. The quantitative estimate of drug-likeness (QED) is 0.0720. The Morgan fingerprint density at radius 1 is 0.923 bits per heavy atom. The van der Waals surface area contributed by atoms with Gasteiger partial charge in [0, 0.05) is 13.0 Å². The summed E-state index contributed by atoms with van der Waals surface area (Å²) in [5.41, 5.74) is 17.5. The first-order valence-corrected chi connectivity index (χ1v) is 14.3. The summed E-state index contributed by atoms with van der Waals surface area (Å²) in [6.07, 6.45) is 3.18. The molecule has 0 aliphatic carbocycles. The molecule has 218 valence electrons. The zero-order valence-electron chi connectivity index (χ0n) is 22.9. The molecule has 3 amide bonds. The lowest BCUT2D eigenvalue weighted by molar-refractivity contribution is -0.142. The number of nitrogens with zero attached hydrogens (tertiary/aromatic N) is 1. The maximum atomic E-state index is 13.4. The number of carboxylic acids is 1. The van der Waals surface area contributed by atoms with Gasteiger partial charge in [-0.3, -0.25) is 19.4 Å². The van der Waals surface area contributed by atoms with Gasteiger partial charge < -0.3 is 38.3 Å². The van der Waals surface area contributed by atoms with Crippen molar-refractivity contribution < 1.29 is 24.3 Å². The molecule has 0 saturated heterocycles. The van der Waals surface area contributed by atoms with Crippen LogP contribution in [0.15, 0.2) is 35.3 Å². The molecule has 12 nitrogen and oxygen atoms in total. The van der Waals surface area contributed by atoms with Crippen LogP contribution in [-0.2, 0) is 25.6 Å². The minimum absolute atomic E-state index is 0.0898. The van der Waals surface area contributed by atoms with Crippen molar-refractivity contribution in [3.8, 4) is 0 Å². The smallest absolute Gasteiger partial charge is 0.326 e. The molecule has 1 rings (SSSR count). The molecule has 4 unspecified atom stereocenters. The molecule has 1 aromatic carbocycles. The molecular weight excluding hydrogens is 522 g/mol. The molecule has 4 atom stereocenters. The number of hydrogen-bond donors (Lipinski definition) is 7. The molecule has 10 N–H and O–H groups in total. The summed E-state index contributed by atoms with van der Waals surface area (Å²) in [5, 5.41) is 17.5. The third kappa shape index (κ3) is 13.9. The van der Waals surface area contributed by atoms with Gasteiger partial charge in [0.1, 0.15) is 18.1 Å². The molecule has 13 heteroatoms. The Hall–Kier alpha value is -3.32. The summed E-state index contributed by atoms with van der Waals surface area (Å²) in [7, 11) is 0. The predicted octanol–water partition coefficient (Wildman–Crippen LogP) is -0.0518. The second-order valence-electron chi connectivity index (χ2n) is 9.68. The lowest BCUT2D eigenvalue weighted by Crippen LogP contribution is -2.57. The number of rotatable bonds is 18. The van der Waals surface area contributed by atoms with E-state index in [9.17, 15) is 24.3 Å². The van der Waals surface area contributed by atoms with Crippen LogP contribution in [0.3, 0.4) is 0 Å². The number of nitrogens with two attached hydrogens (primary N) is 3. The number of hydrogen-bond acceptors (Lipinski definition) is 7. The lowest BCUT2D eigenvalue weighted by atomic mass is 10.0. The number of benzene rings is 1. The van der Waals surface area contributed by atoms with Crippen LogP contribution in [0.5, 0.6) is 0 Å². The van der Waals surface area contributed by atoms with E-state index in [-0.39, 0.29) is 37.7 Å². The Kier molecular flexibility index (Phi) is 15.6. The Morgan fingerprint density at radius 2 is 1.51 bits per heavy atom. The first-order chi connectivity index (χ1) is 18.4. The van der Waals surface area contributed by atoms with Gasteiger partial charge in [-0.2, -0.15) is 11.8 Å². The van der Waals surface area contributed by atoms with E-state index in [0.717, 1.165) is 5.56 Å². The number of nitrogens with one attached hydrogen (secondary N) is 3. The molecule has 0 heterocycles. The Morgan fingerprint density at radius 3 is 2.08 bits per heavy atom. The fraction of sp³-hybridized carbons (Fsp3) is 0.577. The van der Waals surface area contributed by atoms with Crippen molar-refractivity contribution in [2.24, 2.45) is 28.1 Å². The number of thioether (sulfide) groups is 1. The molecule has 1 aromatic rings. The first kappa shape index (κ1) is 33.7. The number of carbonyl (C=O) groups excluding carboxylic acids is 3. The number of carbonyl (C=O) groups is 4. The van der Waals surface area contributed by atoms with Crippen molar-refractivity contribution in [1.29, 1.82) is 0 Å². The molecule has 0 spiro atoms. The van der Waals surface area contributed by atoms with Crippen LogP contribution >= 0.6 is 11.8 Å². The third-order valence-electron chi connectivity index (χ3n) is 5.78. The van der Waals surface area contributed by atoms with E-state index in [2.05, 4.69) is 20.9 Å². The third-order valence-corrected chi connectivity index (χ3v) is 6.43. The average Bonchev–Trinajstić information content (AvgIpc) is 2.87. The van der Waals surface area contributed by atoms with E-state index in [1.807, 2.05) is 26.2 Å². The normalized spacial score (nSPS) is 14.0. The van der Waals surface area contributed by atoms with Gasteiger partial charge in [0.15, 0.2) is 5.96 Å². The van der Waals surface area contributed by atoms with E-state index < -0.39 is 47.9 Å². The minimum atomic E-state index is -1.16. The molecule has 0 radical (unpaired) electrons. The number of guanidine groups is 1. The number of aliphatic imine (C=N–C) groups is 1. The lowest BCUT2D eigenvalue weighted by Gasteiger charge is -2.25. The van der Waals surface area contributed by atoms with Crippen LogP contribution in [0.4, 0.5) is 0 Å². The number of amides is 3. The zero-order valence-corrected chi connectivity index (χ0v) is 23.7. The van der Waals surface area contributed by atoms with Gasteiger partial charge in [-0.25, -0.2) is 4.79 Å². The summed E-state index contributed by atoms with van der Waals surface area (Å²) in [4.78, 5) is 55.0. The molecule has 0 aliphatic rings.